The van der Waals surface area contributed by atoms with E-state index < -0.39 is 0 Å². The number of unbranched alkanes of at least 4 members (excludes halogenated alkanes) is 2. The Morgan fingerprint density at radius 1 is 1.55 bits per heavy atom. The van der Waals surface area contributed by atoms with Crippen molar-refractivity contribution < 1.29 is 0 Å². The van der Waals surface area contributed by atoms with E-state index in [1.54, 1.807) is 16.5 Å². The van der Waals surface area contributed by atoms with E-state index in [9.17, 15) is 0 Å². The highest BCUT2D eigenvalue weighted by Gasteiger charge is 1.98. The van der Waals surface area contributed by atoms with E-state index >= 15 is 0 Å². The van der Waals surface area contributed by atoms with Gasteiger partial charge in [0.1, 0.15) is 5.82 Å². The molecule has 0 N–H and O–H groups in total. The predicted molar refractivity (Wildman–Crippen MR) is 46.7 cm³/mol. The van der Waals surface area contributed by atoms with E-state index in [1.807, 2.05) is 0 Å². The van der Waals surface area contributed by atoms with Gasteiger partial charge in [0.05, 0.1) is 0 Å². The minimum absolute atomic E-state index is 0.972. The summed E-state index contributed by atoms with van der Waals surface area (Å²) in [6.45, 7) is 2.19. The summed E-state index contributed by atoms with van der Waals surface area (Å²) in [4.78, 5) is 4.12. The van der Waals surface area contributed by atoms with Crippen LogP contribution in [0.1, 0.15) is 32.0 Å². The number of aromatic nitrogens is 2. The zero-order valence-corrected chi connectivity index (χ0v) is 7.51. The topological polar surface area (TPSA) is 17.8 Å². The summed E-state index contributed by atoms with van der Waals surface area (Å²) in [6, 6.07) is 0. The molecular weight excluding hydrogens is 160 g/mol. The van der Waals surface area contributed by atoms with Crippen molar-refractivity contribution in [3.63, 3.8) is 0 Å². The first kappa shape index (κ1) is 8.60. The van der Waals surface area contributed by atoms with E-state index in [-0.39, 0.29) is 0 Å². The first-order valence-electron chi connectivity index (χ1n) is 4.03. The van der Waals surface area contributed by atoms with Crippen LogP contribution in [0.5, 0.6) is 0 Å². The van der Waals surface area contributed by atoms with Gasteiger partial charge in [-0.1, -0.05) is 19.8 Å². The Morgan fingerprint density at radius 2 is 2.36 bits per heavy atom. The predicted octanol–water partition coefficient (Wildman–Crippen LogP) is 2.62. The Hall–Kier alpha value is -0.500. The molecule has 0 aromatic carbocycles. The lowest BCUT2D eigenvalue weighted by molar-refractivity contribution is 0.694. The van der Waals surface area contributed by atoms with Crippen LogP contribution in [0.3, 0.4) is 0 Å². The second-order valence-corrected chi connectivity index (χ2v) is 2.98. The van der Waals surface area contributed by atoms with Crippen LogP contribution in [0.25, 0.3) is 0 Å². The van der Waals surface area contributed by atoms with Gasteiger partial charge in [0.15, 0.2) is 0 Å². The van der Waals surface area contributed by atoms with Gasteiger partial charge < -0.3 is 0 Å². The molecule has 0 spiro atoms. The lowest BCUT2D eigenvalue weighted by Crippen LogP contribution is -1.92. The van der Waals surface area contributed by atoms with Crippen LogP contribution >= 0.6 is 11.8 Å². The molecule has 0 aliphatic carbocycles. The minimum Gasteiger partial charge on any atom is -0.246 e. The zero-order chi connectivity index (χ0) is 8.10. The fourth-order valence-corrected chi connectivity index (χ4v) is 1.20. The van der Waals surface area contributed by atoms with Gasteiger partial charge in [-0.25, -0.2) is 9.07 Å². The van der Waals surface area contributed by atoms with Gasteiger partial charge in [-0.2, -0.15) is 0 Å². The number of imidazole rings is 1. The van der Waals surface area contributed by atoms with Crippen LogP contribution in [-0.2, 0) is 6.42 Å². The van der Waals surface area contributed by atoms with Crippen molar-refractivity contribution in [3.05, 3.63) is 18.2 Å². The van der Waals surface area contributed by atoms with Gasteiger partial charge >= 0.3 is 0 Å². The molecule has 62 valence electrons. The molecule has 1 aromatic rings. The molecular formula is C8H13ClN2. The largest absolute Gasteiger partial charge is 0.246 e. The summed E-state index contributed by atoms with van der Waals surface area (Å²) >= 11 is 5.77. The molecule has 11 heavy (non-hydrogen) atoms. The average molecular weight is 173 g/mol. The first-order chi connectivity index (χ1) is 5.34. The molecule has 0 fully saturated rings. The second-order valence-electron chi connectivity index (χ2n) is 2.61. The monoisotopic (exact) mass is 172 g/mol. The second kappa shape index (κ2) is 4.39. The fraction of sp³-hybridized carbons (Fsp3) is 0.625. The molecule has 0 aliphatic rings. The molecule has 2 nitrogen and oxygen atoms in total. The van der Waals surface area contributed by atoms with E-state index in [0.29, 0.717) is 0 Å². The van der Waals surface area contributed by atoms with Crippen LogP contribution in [-0.4, -0.2) is 9.07 Å². The van der Waals surface area contributed by atoms with Crippen molar-refractivity contribution in [3.8, 4) is 0 Å². The Bertz CT molecular complexity index is 208. The van der Waals surface area contributed by atoms with Crippen LogP contribution in [0.4, 0.5) is 0 Å². The van der Waals surface area contributed by atoms with E-state index in [2.05, 4.69) is 11.9 Å². The lowest BCUT2D eigenvalue weighted by atomic mass is 10.2. The van der Waals surface area contributed by atoms with Gasteiger partial charge in [-0.05, 0) is 6.42 Å². The maximum absolute atomic E-state index is 5.77. The van der Waals surface area contributed by atoms with Gasteiger partial charge in [0.25, 0.3) is 0 Å². The number of nitrogens with zero attached hydrogens (tertiary/aromatic N) is 2. The van der Waals surface area contributed by atoms with Crippen molar-refractivity contribution >= 4 is 11.8 Å². The summed E-state index contributed by atoms with van der Waals surface area (Å²) in [5.41, 5.74) is 0. The quantitative estimate of drug-likeness (QED) is 0.639. The van der Waals surface area contributed by atoms with E-state index in [1.165, 1.54) is 19.3 Å². The van der Waals surface area contributed by atoms with Crippen molar-refractivity contribution in [2.75, 3.05) is 0 Å². The molecule has 1 heterocycles. The van der Waals surface area contributed by atoms with Crippen molar-refractivity contribution in [2.24, 2.45) is 0 Å². The average Bonchev–Trinajstić information content (AvgIpc) is 2.37. The lowest BCUT2D eigenvalue weighted by Gasteiger charge is -1.97. The Kier molecular flexibility index (Phi) is 3.43. The smallest absolute Gasteiger partial charge is 0.123 e. The maximum Gasteiger partial charge on any atom is 0.123 e. The SMILES string of the molecule is CCCCCc1nccn1Cl. The summed E-state index contributed by atoms with van der Waals surface area (Å²) in [6.07, 6.45) is 8.16. The number of rotatable bonds is 4. The summed E-state index contributed by atoms with van der Waals surface area (Å²) in [7, 11) is 0. The van der Waals surface area contributed by atoms with Crippen molar-refractivity contribution in [1.82, 2.24) is 9.07 Å². The minimum atomic E-state index is 0.972. The first-order valence-corrected chi connectivity index (χ1v) is 4.36. The molecule has 0 unspecified atom stereocenters. The number of aryl methyl sites for hydroxylation is 1. The van der Waals surface area contributed by atoms with Crippen LogP contribution in [0.15, 0.2) is 12.4 Å². The highest BCUT2D eigenvalue weighted by Crippen LogP contribution is 2.05. The molecule has 0 amide bonds. The van der Waals surface area contributed by atoms with Crippen LogP contribution in [0, 0.1) is 0 Å². The number of hydrogen-bond acceptors (Lipinski definition) is 1. The molecule has 0 saturated carbocycles. The third kappa shape index (κ3) is 2.54. The van der Waals surface area contributed by atoms with Gasteiger partial charge in [-0.3, -0.25) is 0 Å². The van der Waals surface area contributed by atoms with Crippen LogP contribution < -0.4 is 0 Å². The number of halogens is 1. The van der Waals surface area contributed by atoms with Gasteiger partial charge in [-0.15, -0.1) is 0 Å². The van der Waals surface area contributed by atoms with Crippen molar-refractivity contribution in [1.29, 1.82) is 0 Å². The third-order valence-corrected chi connectivity index (χ3v) is 1.98. The van der Waals surface area contributed by atoms with Gasteiger partial charge in [0.2, 0.25) is 0 Å². The summed E-state index contributed by atoms with van der Waals surface area (Å²) in [5.74, 6) is 0.972. The molecule has 0 radical (unpaired) electrons. The van der Waals surface area contributed by atoms with Crippen molar-refractivity contribution in [2.45, 2.75) is 32.6 Å². The molecule has 0 aliphatic heterocycles. The Morgan fingerprint density at radius 3 is 2.91 bits per heavy atom. The molecule has 3 heteroatoms. The molecule has 0 bridgehead atoms. The summed E-state index contributed by atoms with van der Waals surface area (Å²) < 4.78 is 1.57. The summed E-state index contributed by atoms with van der Waals surface area (Å²) in [5, 5.41) is 0. The number of hydrogen-bond donors (Lipinski definition) is 0. The highest BCUT2D eigenvalue weighted by atomic mass is 35.5. The Labute approximate surface area is 72.3 Å². The normalized spacial score (nSPS) is 10.4. The Balaban J connectivity index is 2.32. The highest BCUT2D eigenvalue weighted by molar-refractivity contribution is 6.15. The molecule has 0 saturated heterocycles. The molecule has 1 rings (SSSR count). The maximum atomic E-state index is 5.77. The third-order valence-electron chi connectivity index (χ3n) is 1.67. The van der Waals surface area contributed by atoms with E-state index in [0.717, 1.165) is 12.2 Å². The van der Waals surface area contributed by atoms with E-state index in [4.69, 9.17) is 11.8 Å². The fourth-order valence-electron chi connectivity index (χ4n) is 1.02. The zero-order valence-electron chi connectivity index (χ0n) is 6.76. The van der Waals surface area contributed by atoms with Gasteiger partial charge in [0, 0.05) is 30.6 Å². The standard InChI is InChI=1S/C8H13ClN2/c1-2-3-4-5-8-10-6-7-11(8)9/h6-7H,2-5H2,1H3. The van der Waals surface area contributed by atoms with Crippen LogP contribution in [0.2, 0.25) is 0 Å². The molecule has 1 aromatic heterocycles. The molecule has 0 atom stereocenters.